The number of hydrogen-bond donors (Lipinski definition) is 5. The topological polar surface area (TPSA) is 175 Å². The average Bonchev–Trinajstić information content (AvgIpc) is 3.19. The lowest BCUT2D eigenvalue weighted by molar-refractivity contribution is -0.142. The summed E-state index contributed by atoms with van der Waals surface area (Å²) in [7, 11) is 0. The molecule has 0 aliphatic carbocycles. The number of Topliss-reactive ketones (excluding diaryl/α,β-unsaturated/α-hetero) is 1. The van der Waals surface area contributed by atoms with Gasteiger partial charge in [-0.25, -0.2) is 4.99 Å². The maximum Gasteiger partial charge on any atom is 0.306 e. The molecule has 0 spiro atoms. The van der Waals surface area contributed by atoms with E-state index in [1.165, 1.54) is 6.92 Å². The summed E-state index contributed by atoms with van der Waals surface area (Å²) in [6, 6.07) is 6.74. The van der Waals surface area contributed by atoms with E-state index >= 15 is 0 Å². The van der Waals surface area contributed by atoms with Gasteiger partial charge in [0.25, 0.3) is 0 Å². The van der Waals surface area contributed by atoms with Crippen LogP contribution in [0.25, 0.3) is 0 Å². The minimum Gasteiger partial charge on any atom is -0.481 e. The number of rotatable bonds is 12. The third kappa shape index (κ3) is 6.50. The van der Waals surface area contributed by atoms with Crippen molar-refractivity contribution >= 4 is 41.0 Å². The van der Waals surface area contributed by atoms with E-state index in [9.17, 15) is 24.3 Å². The molecular weight excluding hydrogens is 440 g/mol. The number of anilines is 1. The predicted molar refractivity (Wildman–Crippen MR) is 126 cm³/mol. The van der Waals surface area contributed by atoms with Crippen molar-refractivity contribution in [3.8, 4) is 0 Å². The molecule has 2 aliphatic heterocycles. The molecule has 0 fully saturated rings. The second-order valence-electron chi connectivity index (χ2n) is 8.18. The number of carboxylic acid groups (broad SMARTS) is 1. The Labute approximate surface area is 196 Å². The number of aliphatic imine (C=N–C) groups is 2. The maximum absolute atomic E-state index is 12.6. The third-order valence-electron chi connectivity index (χ3n) is 5.58. The van der Waals surface area contributed by atoms with E-state index < -0.39 is 17.8 Å². The molecule has 1 aromatic rings. The molecule has 0 saturated heterocycles. The molecule has 180 valence electrons. The zero-order valence-corrected chi connectivity index (χ0v) is 18.8. The van der Waals surface area contributed by atoms with E-state index in [-0.39, 0.29) is 30.0 Å². The fraction of sp³-hybridized carbons (Fsp3) is 0.391. The van der Waals surface area contributed by atoms with Crippen LogP contribution in [0.5, 0.6) is 0 Å². The Hall–Kier alpha value is -4.02. The first kappa shape index (κ1) is 24.6. The highest BCUT2D eigenvalue weighted by atomic mass is 16.4. The van der Waals surface area contributed by atoms with E-state index in [4.69, 9.17) is 5.73 Å². The van der Waals surface area contributed by atoms with Crippen molar-refractivity contribution in [1.82, 2.24) is 10.6 Å². The summed E-state index contributed by atoms with van der Waals surface area (Å²) in [6.07, 6.45) is 3.13. The number of amides is 2. The molecule has 2 aliphatic rings. The SMILES string of the molecule is CC(=O)NCCCC[C@H](CC(=O)c1ccc(NCC2=CN=C3N=C(N)NC(=O)C23)cc1)C(=O)O. The molecule has 0 aromatic heterocycles. The second-order valence-corrected chi connectivity index (χ2v) is 8.18. The van der Waals surface area contributed by atoms with Crippen LogP contribution in [-0.2, 0) is 14.4 Å². The van der Waals surface area contributed by atoms with Crippen LogP contribution >= 0.6 is 0 Å². The first-order chi connectivity index (χ1) is 16.2. The number of carbonyl (C=O) groups excluding carboxylic acids is 3. The normalized spacial score (nSPS) is 17.5. The number of carbonyl (C=O) groups is 4. The van der Waals surface area contributed by atoms with Crippen molar-refractivity contribution in [2.24, 2.45) is 27.6 Å². The van der Waals surface area contributed by atoms with Gasteiger partial charge in [-0.05, 0) is 42.7 Å². The lowest BCUT2D eigenvalue weighted by Gasteiger charge is -2.20. The summed E-state index contributed by atoms with van der Waals surface area (Å²) in [4.78, 5) is 55.4. The second kappa shape index (κ2) is 11.2. The highest BCUT2D eigenvalue weighted by Crippen LogP contribution is 2.24. The average molecular weight is 469 g/mol. The number of carboxylic acids is 1. The smallest absolute Gasteiger partial charge is 0.306 e. The maximum atomic E-state index is 12.6. The highest BCUT2D eigenvalue weighted by Gasteiger charge is 2.35. The van der Waals surface area contributed by atoms with Crippen LogP contribution in [0.3, 0.4) is 0 Å². The van der Waals surface area contributed by atoms with Gasteiger partial charge in [0.2, 0.25) is 17.8 Å². The molecule has 1 aromatic carbocycles. The summed E-state index contributed by atoms with van der Waals surface area (Å²) in [5, 5.41) is 17.8. The van der Waals surface area contributed by atoms with Gasteiger partial charge in [0.1, 0.15) is 11.8 Å². The Bertz CT molecular complexity index is 1060. The molecule has 2 atom stereocenters. The Morgan fingerprint density at radius 1 is 1.21 bits per heavy atom. The van der Waals surface area contributed by atoms with E-state index in [0.29, 0.717) is 43.8 Å². The molecule has 0 saturated carbocycles. The Balaban J connectivity index is 1.48. The van der Waals surface area contributed by atoms with Crippen molar-refractivity contribution in [3.63, 3.8) is 0 Å². The zero-order chi connectivity index (χ0) is 24.7. The van der Waals surface area contributed by atoms with E-state index in [2.05, 4.69) is 25.9 Å². The van der Waals surface area contributed by atoms with E-state index in [1.807, 2.05) is 0 Å². The van der Waals surface area contributed by atoms with Crippen molar-refractivity contribution in [3.05, 3.63) is 41.6 Å². The summed E-state index contributed by atoms with van der Waals surface area (Å²) in [6.45, 7) is 2.27. The van der Waals surface area contributed by atoms with Crippen LogP contribution in [0.4, 0.5) is 5.69 Å². The number of nitrogens with two attached hydrogens (primary N) is 1. The lowest BCUT2D eigenvalue weighted by atomic mass is 9.93. The third-order valence-corrected chi connectivity index (χ3v) is 5.58. The number of benzene rings is 1. The van der Waals surface area contributed by atoms with Gasteiger partial charge in [0.05, 0.1) is 5.92 Å². The number of amidine groups is 1. The fourth-order valence-corrected chi connectivity index (χ4v) is 3.75. The van der Waals surface area contributed by atoms with Crippen molar-refractivity contribution in [1.29, 1.82) is 0 Å². The van der Waals surface area contributed by atoms with Crippen molar-refractivity contribution in [2.45, 2.75) is 32.6 Å². The fourth-order valence-electron chi connectivity index (χ4n) is 3.75. The molecule has 6 N–H and O–H groups in total. The largest absolute Gasteiger partial charge is 0.481 e. The number of ketones is 1. The Kier molecular flexibility index (Phi) is 8.12. The monoisotopic (exact) mass is 468 g/mol. The lowest BCUT2D eigenvalue weighted by Crippen LogP contribution is -2.47. The highest BCUT2D eigenvalue weighted by molar-refractivity contribution is 6.19. The standard InChI is InChI=1S/C23H28N6O5/c1-13(30)25-9-3-2-4-15(22(33)34)10-18(31)14-5-7-17(8-6-14)26-11-16-12-27-20-19(16)21(32)29-23(24)28-20/h5-8,12,15,19,26H,2-4,9-11H2,1H3,(H,25,30)(H,33,34)(H3,24,27,28,29,32)/t15-,19?/m1/s1. The molecule has 0 radical (unpaired) electrons. The number of aliphatic carboxylic acids is 1. The summed E-state index contributed by atoms with van der Waals surface area (Å²) in [5.41, 5.74) is 7.45. The van der Waals surface area contributed by atoms with Gasteiger partial charge in [-0.3, -0.25) is 24.5 Å². The van der Waals surface area contributed by atoms with Crippen LogP contribution in [0, 0.1) is 11.8 Å². The van der Waals surface area contributed by atoms with Gasteiger partial charge < -0.3 is 21.5 Å². The number of unbranched alkanes of at least 4 members (excludes halogenated alkanes) is 1. The Morgan fingerprint density at radius 2 is 1.94 bits per heavy atom. The van der Waals surface area contributed by atoms with Gasteiger partial charge in [0.15, 0.2) is 5.78 Å². The molecule has 11 nitrogen and oxygen atoms in total. The van der Waals surface area contributed by atoms with Gasteiger partial charge in [-0.2, -0.15) is 4.99 Å². The molecule has 11 heteroatoms. The molecule has 1 unspecified atom stereocenters. The molecule has 3 rings (SSSR count). The number of guanidine groups is 1. The van der Waals surface area contributed by atoms with Crippen LogP contribution < -0.4 is 21.7 Å². The van der Waals surface area contributed by atoms with Gasteiger partial charge in [-0.1, -0.05) is 6.42 Å². The van der Waals surface area contributed by atoms with Crippen LogP contribution in [0.15, 0.2) is 46.0 Å². The van der Waals surface area contributed by atoms with Crippen LogP contribution in [-0.4, -0.2) is 53.6 Å². The van der Waals surface area contributed by atoms with E-state index in [1.54, 1.807) is 30.5 Å². The zero-order valence-electron chi connectivity index (χ0n) is 18.8. The number of fused-ring (bicyclic) bond motifs is 1. The minimum atomic E-state index is -1.00. The van der Waals surface area contributed by atoms with E-state index in [0.717, 1.165) is 11.3 Å². The van der Waals surface area contributed by atoms with Crippen molar-refractivity contribution < 1.29 is 24.3 Å². The quantitative estimate of drug-likeness (QED) is 0.225. The van der Waals surface area contributed by atoms with Crippen LogP contribution in [0.2, 0.25) is 0 Å². The molecule has 2 heterocycles. The van der Waals surface area contributed by atoms with Crippen molar-refractivity contribution in [2.75, 3.05) is 18.4 Å². The van der Waals surface area contributed by atoms with Gasteiger partial charge >= 0.3 is 5.97 Å². The summed E-state index contributed by atoms with van der Waals surface area (Å²) < 4.78 is 0. The first-order valence-corrected chi connectivity index (χ1v) is 11.0. The molecule has 34 heavy (non-hydrogen) atoms. The first-order valence-electron chi connectivity index (χ1n) is 11.0. The Morgan fingerprint density at radius 3 is 2.62 bits per heavy atom. The molecular formula is C23H28N6O5. The molecule has 0 bridgehead atoms. The number of nitrogens with one attached hydrogen (secondary N) is 3. The number of hydrogen-bond acceptors (Lipinski definition) is 8. The summed E-state index contributed by atoms with van der Waals surface area (Å²) in [5.74, 6) is -2.61. The molecule has 2 amide bonds. The van der Waals surface area contributed by atoms with Crippen LogP contribution in [0.1, 0.15) is 43.0 Å². The number of nitrogens with zero attached hydrogens (tertiary/aromatic N) is 2. The summed E-state index contributed by atoms with van der Waals surface area (Å²) >= 11 is 0. The van der Waals surface area contributed by atoms with Gasteiger partial charge in [-0.15, -0.1) is 0 Å². The van der Waals surface area contributed by atoms with Gasteiger partial charge in [0, 0.05) is 43.9 Å². The predicted octanol–water partition coefficient (Wildman–Crippen LogP) is 1.04. The minimum absolute atomic E-state index is 0.0259.